The lowest BCUT2D eigenvalue weighted by molar-refractivity contribution is -0.140. The number of aryl methyl sites for hydroxylation is 1. The molecule has 0 bridgehead atoms. The highest BCUT2D eigenvalue weighted by Gasteiger charge is 2.20. The van der Waals surface area contributed by atoms with Crippen molar-refractivity contribution in [2.75, 3.05) is 6.61 Å². The molecule has 0 saturated carbocycles. The van der Waals surface area contributed by atoms with E-state index in [9.17, 15) is 13.2 Å². The van der Waals surface area contributed by atoms with Crippen molar-refractivity contribution in [3.8, 4) is 11.8 Å². The molecule has 1 heterocycles. The van der Waals surface area contributed by atoms with Crippen molar-refractivity contribution < 1.29 is 17.9 Å². The molecule has 0 radical (unpaired) electrons. The van der Waals surface area contributed by atoms with Crippen LogP contribution in [-0.2, 0) is 26.0 Å². The van der Waals surface area contributed by atoms with E-state index >= 15 is 0 Å². The van der Waals surface area contributed by atoms with Crippen molar-refractivity contribution in [2.24, 2.45) is 0 Å². The van der Waals surface area contributed by atoms with Crippen LogP contribution in [0.5, 0.6) is 0 Å². The van der Waals surface area contributed by atoms with E-state index in [2.05, 4.69) is 11.8 Å². The Bertz CT molecular complexity index is 1470. The summed E-state index contributed by atoms with van der Waals surface area (Å²) in [6, 6.07) is 21.8. The van der Waals surface area contributed by atoms with Gasteiger partial charge in [-0.2, -0.15) is 0 Å². The van der Waals surface area contributed by atoms with Crippen molar-refractivity contribution in [1.29, 1.82) is 0 Å². The number of hydrogen-bond donors (Lipinski definition) is 0. The number of nitrogens with zero attached hydrogens (tertiary/aromatic N) is 1. The summed E-state index contributed by atoms with van der Waals surface area (Å²) in [7, 11) is -3.76. The number of carbonyl (C=O) groups is 1. The van der Waals surface area contributed by atoms with Gasteiger partial charge < -0.3 is 4.74 Å². The summed E-state index contributed by atoms with van der Waals surface area (Å²) < 4.78 is 33.0. The summed E-state index contributed by atoms with van der Waals surface area (Å²) in [6.45, 7) is 3.46. The first-order chi connectivity index (χ1) is 15.9. The highest BCUT2D eigenvalue weighted by molar-refractivity contribution is 7.90. The van der Waals surface area contributed by atoms with Crippen molar-refractivity contribution in [2.45, 2.75) is 25.2 Å². The van der Waals surface area contributed by atoms with Crippen LogP contribution in [0.2, 0.25) is 0 Å². The molecule has 0 unspecified atom stereocenters. The molecule has 5 nitrogen and oxygen atoms in total. The Morgan fingerprint density at radius 1 is 0.939 bits per heavy atom. The summed E-state index contributed by atoms with van der Waals surface area (Å²) in [5.41, 5.74) is 4.03. The highest BCUT2D eigenvalue weighted by atomic mass is 32.2. The molecule has 0 N–H and O–H groups in total. The molecule has 4 aromatic rings. The lowest BCUT2D eigenvalue weighted by atomic mass is 10.0. The molecule has 1 aromatic heterocycles. The van der Waals surface area contributed by atoms with Gasteiger partial charge in [-0.3, -0.25) is 4.79 Å². The van der Waals surface area contributed by atoms with Crippen molar-refractivity contribution in [1.82, 2.24) is 3.97 Å². The van der Waals surface area contributed by atoms with Crippen LogP contribution in [0.4, 0.5) is 0 Å². The maximum Gasteiger partial charge on any atom is 0.302 e. The van der Waals surface area contributed by atoms with Gasteiger partial charge in [-0.15, -0.1) is 0 Å². The Morgan fingerprint density at radius 3 is 2.36 bits per heavy atom. The van der Waals surface area contributed by atoms with E-state index in [4.69, 9.17) is 4.74 Å². The van der Waals surface area contributed by atoms with Crippen LogP contribution >= 0.6 is 0 Å². The minimum atomic E-state index is -3.76. The lowest BCUT2D eigenvalue weighted by Gasteiger charge is -2.11. The summed E-state index contributed by atoms with van der Waals surface area (Å²) in [5, 5.41) is 0.762. The molecule has 0 saturated heterocycles. The zero-order chi connectivity index (χ0) is 23.4. The predicted molar refractivity (Wildman–Crippen MR) is 128 cm³/mol. The minimum absolute atomic E-state index is 0.185. The first-order valence-electron chi connectivity index (χ1n) is 10.5. The molecular weight excluding hydrogens is 434 g/mol. The van der Waals surface area contributed by atoms with Gasteiger partial charge in [-0.25, -0.2) is 12.4 Å². The molecule has 0 atom stereocenters. The minimum Gasteiger partial charge on any atom is -0.466 e. The Morgan fingerprint density at radius 2 is 1.67 bits per heavy atom. The molecule has 4 rings (SSSR count). The molecule has 0 aliphatic carbocycles. The molecule has 0 aliphatic heterocycles. The van der Waals surface area contributed by atoms with Crippen LogP contribution in [0, 0.1) is 18.8 Å². The SMILES string of the molecule is CC(=O)OCCc1c(C#Cc2ccccc2)ccc2c1ccn2S(=O)(=O)c1ccc(C)cc1. The number of benzene rings is 3. The monoisotopic (exact) mass is 457 g/mol. The third-order valence-electron chi connectivity index (χ3n) is 5.30. The van der Waals surface area contributed by atoms with Gasteiger partial charge in [0, 0.05) is 36.1 Å². The number of ether oxygens (including phenoxy) is 1. The van der Waals surface area contributed by atoms with E-state index in [-0.39, 0.29) is 17.5 Å². The zero-order valence-electron chi connectivity index (χ0n) is 18.4. The first-order valence-corrected chi connectivity index (χ1v) is 12.0. The van der Waals surface area contributed by atoms with E-state index in [1.165, 1.54) is 10.9 Å². The second-order valence-corrected chi connectivity index (χ2v) is 9.48. The van der Waals surface area contributed by atoms with Crippen molar-refractivity contribution >= 4 is 26.9 Å². The largest absolute Gasteiger partial charge is 0.466 e. The van der Waals surface area contributed by atoms with Gasteiger partial charge in [0.15, 0.2) is 0 Å². The standard InChI is InChI=1S/C27H23NO4S/c1-20-8-13-24(14-9-20)33(30,31)28-18-16-26-25(17-19-32-21(2)29)23(12-15-27(26)28)11-10-22-6-4-3-5-7-22/h3-9,12-16,18H,17,19H2,1-2H3. The van der Waals surface area contributed by atoms with E-state index in [1.54, 1.807) is 42.6 Å². The predicted octanol–water partition coefficient (Wildman–Crippen LogP) is 4.69. The number of rotatable bonds is 5. The number of hydrogen-bond acceptors (Lipinski definition) is 4. The van der Waals surface area contributed by atoms with Gasteiger partial charge in [0.2, 0.25) is 0 Å². The van der Waals surface area contributed by atoms with Gasteiger partial charge in [-0.1, -0.05) is 47.7 Å². The number of carbonyl (C=O) groups excluding carboxylic acids is 1. The van der Waals surface area contributed by atoms with E-state index in [0.717, 1.165) is 27.6 Å². The summed E-state index contributed by atoms with van der Waals surface area (Å²) in [5.74, 6) is 5.98. The summed E-state index contributed by atoms with van der Waals surface area (Å²) in [4.78, 5) is 11.5. The maximum absolute atomic E-state index is 13.3. The topological polar surface area (TPSA) is 65.4 Å². The van der Waals surface area contributed by atoms with Gasteiger partial charge in [0.25, 0.3) is 10.0 Å². The quantitative estimate of drug-likeness (QED) is 0.322. The Hall–Kier alpha value is -3.82. The number of esters is 1. The summed E-state index contributed by atoms with van der Waals surface area (Å²) >= 11 is 0. The Balaban J connectivity index is 1.81. The second kappa shape index (κ2) is 9.35. The van der Waals surface area contributed by atoms with Crippen LogP contribution in [0.15, 0.2) is 83.9 Å². The molecule has 3 aromatic carbocycles. The fourth-order valence-electron chi connectivity index (χ4n) is 3.63. The van der Waals surface area contributed by atoms with Crippen LogP contribution in [0.25, 0.3) is 10.9 Å². The molecule has 0 aliphatic rings. The lowest BCUT2D eigenvalue weighted by Crippen LogP contribution is -2.12. The zero-order valence-corrected chi connectivity index (χ0v) is 19.2. The normalized spacial score (nSPS) is 11.1. The molecule has 0 spiro atoms. The van der Waals surface area contributed by atoms with Gasteiger partial charge in [0.1, 0.15) is 0 Å². The van der Waals surface area contributed by atoms with Crippen LogP contribution < -0.4 is 0 Å². The number of aromatic nitrogens is 1. The van der Waals surface area contributed by atoms with Crippen molar-refractivity contribution in [3.63, 3.8) is 0 Å². The maximum atomic E-state index is 13.3. The Kier molecular flexibility index (Phi) is 6.34. The van der Waals surface area contributed by atoms with Crippen LogP contribution in [-0.4, -0.2) is 25.0 Å². The molecule has 0 fully saturated rings. The van der Waals surface area contributed by atoms with Crippen molar-refractivity contribution in [3.05, 3.63) is 101 Å². The van der Waals surface area contributed by atoms with Gasteiger partial charge in [-0.05, 0) is 55.0 Å². The molecule has 33 heavy (non-hydrogen) atoms. The Labute approximate surface area is 193 Å². The van der Waals surface area contributed by atoms with E-state index < -0.39 is 10.0 Å². The van der Waals surface area contributed by atoms with E-state index in [0.29, 0.717) is 11.9 Å². The first kappa shape index (κ1) is 22.4. The number of fused-ring (bicyclic) bond motifs is 1. The third-order valence-corrected chi connectivity index (χ3v) is 7.00. The third kappa shape index (κ3) is 4.84. The molecule has 6 heteroatoms. The van der Waals surface area contributed by atoms with Gasteiger partial charge >= 0.3 is 5.97 Å². The summed E-state index contributed by atoms with van der Waals surface area (Å²) in [6.07, 6.45) is 1.98. The second-order valence-electron chi connectivity index (χ2n) is 7.66. The molecule has 0 amide bonds. The van der Waals surface area contributed by atoms with Crippen LogP contribution in [0.3, 0.4) is 0 Å². The fourth-order valence-corrected chi connectivity index (χ4v) is 4.98. The van der Waals surface area contributed by atoms with E-state index in [1.807, 2.05) is 43.3 Å². The van der Waals surface area contributed by atoms with Crippen LogP contribution in [0.1, 0.15) is 29.2 Å². The highest BCUT2D eigenvalue weighted by Crippen LogP contribution is 2.28. The fraction of sp³-hybridized carbons (Fsp3) is 0.148. The average molecular weight is 458 g/mol. The van der Waals surface area contributed by atoms with Gasteiger partial charge in [0.05, 0.1) is 17.0 Å². The smallest absolute Gasteiger partial charge is 0.302 e. The average Bonchev–Trinajstić information content (AvgIpc) is 3.24. The molecule has 166 valence electrons. The molecular formula is C27H23NO4S.